The molecule has 2 atom stereocenters. The third-order valence-corrected chi connectivity index (χ3v) is 9.85. The van der Waals surface area contributed by atoms with E-state index in [9.17, 15) is 13.2 Å². The maximum atomic E-state index is 13.0. The van der Waals surface area contributed by atoms with Crippen molar-refractivity contribution < 1.29 is 17.9 Å². The SMILES string of the molecule is COCCNC(=O)CC1CN=C(C2Cc3cccc(N(C)S(=O)(=O)c4cccs4)c3N2)S1. The molecule has 2 aliphatic rings. The van der Waals surface area contributed by atoms with Gasteiger partial charge < -0.3 is 15.4 Å². The number of thiophene rings is 1. The fourth-order valence-corrected chi connectivity index (χ4v) is 7.31. The highest BCUT2D eigenvalue weighted by Crippen LogP contribution is 2.40. The van der Waals surface area contributed by atoms with Crippen LogP contribution in [0.1, 0.15) is 12.0 Å². The van der Waals surface area contributed by atoms with Gasteiger partial charge in [0.05, 0.1) is 35.6 Å². The summed E-state index contributed by atoms with van der Waals surface area (Å²) in [4.78, 5) is 16.8. The smallest absolute Gasteiger partial charge is 0.273 e. The van der Waals surface area contributed by atoms with E-state index in [0.29, 0.717) is 36.0 Å². The number of carbonyl (C=O) groups is 1. The first-order valence-corrected chi connectivity index (χ1v) is 13.5. The van der Waals surface area contributed by atoms with Gasteiger partial charge in [0.1, 0.15) is 4.21 Å². The molecule has 1 aromatic heterocycles. The molecule has 0 fully saturated rings. The van der Waals surface area contributed by atoms with Gasteiger partial charge in [-0.15, -0.1) is 23.1 Å². The molecule has 0 bridgehead atoms. The summed E-state index contributed by atoms with van der Waals surface area (Å²) in [6.45, 7) is 1.60. The van der Waals surface area contributed by atoms with Gasteiger partial charge in [0.15, 0.2) is 0 Å². The lowest BCUT2D eigenvalue weighted by molar-refractivity contribution is -0.121. The van der Waals surface area contributed by atoms with Crippen molar-refractivity contribution in [2.75, 3.05) is 43.5 Å². The van der Waals surface area contributed by atoms with E-state index < -0.39 is 10.0 Å². The number of hydrogen-bond donors (Lipinski definition) is 2. The lowest BCUT2D eigenvalue weighted by atomic mass is 10.1. The number of rotatable bonds is 9. The number of nitrogens with one attached hydrogen (secondary N) is 2. The highest BCUT2D eigenvalue weighted by atomic mass is 32.2. The Morgan fingerprint density at radius 2 is 2.19 bits per heavy atom. The van der Waals surface area contributed by atoms with Crippen LogP contribution in [0.5, 0.6) is 0 Å². The van der Waals surface area contributed by atoms with Gasteiger partial charge >= 0.3 is 0 Å². The van der Waals surface area contributed by atoms with Crippen molar-refractivity contribution in [1.82, 2.24) is 5.32 Å². The van der Waals surface area contributed by atoms with Crippen LogP contribution in [0.25, 0.3) is 0 Å². The quantitative estimate of drug-likeness (QED) is 0.520. The molecule has 32 heavy (non-hydrogen) atoms. The van der Waals surface area contributed by atoms with Crippen molar-refractivity contribution in [3.63, 3.8) is 0 Å². The molecule has 1 aromatic carbocycles. The molecule has 0 aliphatic carbocycles. The number of amides is 1. The molecule has 2 aromatic rings. The lowest BCUT2D eigenvalue weighted by Crippen LogP contribution is -2.30. The summed E-state index contributed by atoms with van der Waals surface area (Å²) in [7, 11) is -0.429. The molecule has 11 heteroatoms. The van der Waals surface area contributed by atoms with E-state index in [4.69, 9.17) is 4.74 Å². The summed E-state index contributed by atoms with van der Waals surface area (Å²) in [6, 6.07) is 9.05. The molecule has 4 rings (SSSR count). The Bertz CT molecular complexity index is 1100. The standard InChI is InChI=1S/C21H26N4O4S3/c1-25(32(27,28)19-7-4-10-30-19)17-6-3-5-14-11-16(24-20(14)17)21-23-13-15(31-21)12-18(26)22-8-9-29-2/h3-7,10,15-16,24H,8-9,11-13H2,1-2H3,(H,22,26). The fraction of sp³-hybridized carbons (Fsp3) is 0.429. The predicted octanol–water partition coefficient (Wildman–Crippen LogP) is 2.58. The minimum Gasteiger partial charge on any atom is -0.383 e. The Hall–Kier alpha value is -2.08. The summed E-state index contributed by atoms with van der Waals surface area (Å²) >= 11 is 2.84. The fourth-order valence-electron chi connectivity index (χ4n) is 3.76. The van der Waals surface area contributed by atoms with E-state index >= 15 is 0 Å². The molecular formula is C21H26N4O4S3. The predicted molar refractivity (Wildman–Crippen MR) is 131 cm³/mol. The molecule has 8 nitrogen and oxygen atoms in total. The topological polar surface area (TPSA) is 100 Å². The van der Waals surface area contributed by atoms with Crippen LogP contribution in [-0.4, -0.2) is 64.5 Å². The number of aliphatic imine (C=N–C) groups is 1. The van der Waals surface area contributed by atoms with E-state index in [1.54, 1.807) is 43.4 Å². The van der Waals surface area contributed by atoms with Crippen molar-refractivity contribution in [2.24, 2.45) is 4.99 Å². The van der Waals surface area contributed by atoms with Gasteiger partial charge in [-0.25, -0.2) is 8.42 Å². The van der Waals surface area contributed by atoms with E-state index in [1.807, 2.05) is 18.2 Å². The van der Waals surface area contributed by atoms with Gasteiger partial charge in [0.25, 0.3) is 10.0 Å². The van der Waals surface area contributed by atoms with Crippen LogP contribution in [0.2, 0.25) is 0 Å². The third-order valence-electron chi connectivity index (χ3n) is 5.40. The Morgan fingerprint density at radius 3 is 2.94 bits per heavy atom. The van der Waals surface area contributed by atoms with E-state index in [1.165, 1.54) is 15.6 Å². The average Bonchev–Trinajstić information content (AvgIpc) is 3.53. The Balaban J connectivity index is 1.42. The highest BCUT2D eigenvalue weighted by Gasteiger charge is 2.34. The van der Waals surface area contributed by atoms with Crippen LogP contribution in [0.3, 0.4) is 0 Å². The number of thioether (sulfide) groups is 1. The number of methoxy groups -OCH3 is 1. The number of hydrogen-bond acceptors (Lipinski definition) is 8. The maximum Gasteiger partial charge on any atom is 0.273 e. The monoisotopic (exact) mass is 494 g/mol. The van der Waals surface area contributed by atoms with Gasteiger partial charge in [0, 0.05) is 38.8 Å². The van der Waals surface area contributed by atoms with Crippen LogP contribution in [0.15, 0.2) is 44.9 Å². The second kappa shape index (κ2) is 9.82. The van der Waals surface area contributed by atoms with Crippen molar-refractivity contribution in [2.45, 2.75) is 28.3 Å². The third kappa shape index (κ3) is 4.80. The molecule has 0 spiro atoms. The molecule has 2 unspecified atom stereocenters. The zero-order chi connectivity index (χ0) is 22.7. The number of anilines is 2. The molecule has 0 radical (unpaired) electrons. The minimum absolute atomic E-state index is 0.00126. The number of sulfonamides is 1. The van der Waals surface area contributed by atoms with Gasteiger partial charge in [-0.3, -0.25) is 14.1 Å². The molecule has 1 amide bonds. The average molecular weight is 495 g/mol. The normalized spacial score (nSPS) is 19.9. The number of ether oxygens (including phenoxy) is 1. The zero-order valence-corrected chi connectivity index (χ0v) is 20.4. The number of nitrogens with zero attached hydrogens (tertiary/aromatic N) is 2. The molecule has 2 aliphatic heterocycles. The molecule has 3 heterocycles. The molecular weight excluding hydrogens is 468 g/mol. The largest absolute Gasteiger partial charge is 0.383 e. The minimum atomic E-state index is -3.62. The van der Waals surface area contributed by atoms with Crippen LogP contribution in [0.4, 0.5) is 11.4 Å². The van der Waals surface area contributed by atoms with Gasteiger partial charge in [-0.2, -0.15) is 0 Å². The summed E-state index contributed by atoms with van der Waals surface area (Å²) in [5, 5.41) is 9.17. The second-order valence-electron chi connectivity index (χ2n) is 7.58. The first kappa shape index (κ1) is 23.1. The Labute approximate surface area is 196 Å². The van der Waals surface area contributed by atoms with Crippen molar-refractivity contribution in [3.8, 4) is 0 Å². The van der Waals surface area contributed by atoms with Crippen LogP contribution >= 0.6 is 23.1 Å². The van der Waals surface area contributed by atoms with Crippen molar-refractivity contribution in [1.29, 1.82) is 0 Å². The molecule has 2 N–H and O–H groups in total. The first-order chi connectivity index (χ1) is 15.4. The molecule has 172 valence electrons. The summed E-state index contributed by atoms with van der Waals surface area (Å²) in [5.74, 6) is 0.00126. The Kier molecular flexibility index (Phi) is 7.08. The van der Waals surface area contributed by atoms with E-state index in [2.05, 4.69) is 15.6 Å². The number of fused-ring (bicyclic) bond motifs is 1. The number of para-hydroxylation sites is 1. The van der Waals surface area contributed by atoms with Crippen LogP contribution < -0.4 is 14.9 Å². The Morgan fingerprint density at radius 1 is 1.34 bits per heavy atom. The molecule has 0 saturated heterocycles. The lowest BCUT2D eigenvalue weighted by Gasteiger charge is -2.22. The second-order valence-corrected chi connectivity index (χ2v) is 12.0. The van der Waals surface area contributed by atoms with Crippen LogP contribution in [0, 0.1) is 0 Å². The first-order valence-electron chi connectivity index (χ1n) is 10.3. The number of carbonyl (C=O) groups excluding carboxylic acids is 1. The van der Waals surface area contributed by atoms with E-state index in [-0.39, 0.29) is 17.2 Å². The highest BCUT2D eigenvalue weighted by molar-refractivity contribution is 8.15. The van der Waals surface area contributed by atoms with Crippen LogP contribution in [-0.2, 0) is 26.0 Å². The summed E-state index contributed by atoms with van der Waals surface area (Å²) in [6.07, 6.45) is 1.14. The van der Waals surface area contributed by atoms with E-state index in [0.717, 1.165) is 22.7 Å². The molecule has 0 saturated carbocycles. The maximum absolute atomic E-state index is 13.0. The van der Waals surface area contributed by atoms with Gasteiger partial charge in [-0.05, 0) is 23.1 Å². The zero-order valence-electron chi connectivity index (χ0n) is 17.9. The summed E-state index contributed by atoms with van der Waals surface area (Å²) < 4.78 is 32.6. The van der Waals surface area contributed by atoms with Crippen molar-refractivity contribution >= 4 is 55.4 Å². The number of benzene rings is 1. The van der Waals surface area contributed by atoms with Gasteiger partial charge in [-0.1, -0.05) is 18.2 Å². The van der Waals surface area contributed by atoms with Crippen molar-refractivity contribution in [3.05, 3.63) is 41.3 Å². The summed E-state index contributed by atoms with van der Waals surface area (Å²) in [5.41, 5.74) is 2.50. The van der Waals surface area contributed by atoms with Gasteiger partial charge in [0.2, 0.25) is 5.91 Å².